The van der Waals surface area contributed by atoms with E-state index in [4.69, 9.17) is 10.6 Å². The zero-order valence-corrected chi connectivity index (χ0v) is 10.5. The van der Waals surface area contributed by atoms with E-state index < -0.39 is 5.91 Å². The molecule has 0 unspecified atom stereocenters. The minimum atomic E-state index is -0.417. The van der Waals surface area contributed by atoms with E-state index in [0.29, 0.717) is 18.7 Å². The average Bonchev–Trinajstić information content (AvgIpc) is 2.45. The second-order valence-electron chi connectivity index (χ2n) is 4.16. The van der Waals surface area contributed by atoms with E-state index in [0.717, 1.165) is 11.1 Å². The molecular formula is C15H16N2O2. The lowest BCUT2D eigenvalue weighted by atomic mass is 10.1. The van der Waals surface area contributed by atoms with E-state index in [1.54, 1.807) is 12.1 Å². The summed E-state index contributed by atoms with van der Waals surface area (Å²) in [7, 11) is 0. The van der Waals surface area contributed by atoms with Gasteiger partial charge in [-0.2, -0.15) is 5.48 Å². The Morgan fingerprint density at radius 3 is 2.32 bits per heavy atom. The van der Waals surface area contributed by atoms with Crippen LogP contribution in [0.5, 0.6) is 0 Å². The van der Waals surface area contributed by atoms with Crippen molar-refractivity contribution in [2.24, 2.45) is 5.73 Å². The number of amides is 1. The molecule has 0 heterocycles. The normalized spacial score (nSPS) is 10.3. The van der Waals surface area contributed by atoms with Crippen LogP contribution < -0.4 is 11.2 Å². The van der Waals surface area contributed by atoms with Gasteiger partial charge in [-0.1, -0.05) is 42.5 Å². The molecular weight excluding hydrogens is 240 g/mol. The number of carbonyl (C=O) groups is 1. The Hall–Kier alpha value is -2.17. The molecule has 0 aliphatic heterocycles. The maximum atomic E-state index is 10.9. The number of benzene rings is 2. The van der Waals surface area contributed by atoms with Crippen LogP contribution in [0.15, 0.2) is 54.6 Å². The first kappa shape index (κ1) is 13.3. The zero-order valence-electron chi connectivity index (χ0n) is 10.5. The van der Waals surface area contributed by atoms with Crippen molar-refractivity contribution in [2.45, 2.75) is 13.2 Å². The maximum Gasteiger partial charge on any atom is 0.248 e. The lowest BCUT2D eigenvalue weighted by Crippen LogP contribution is -2.14. The highest BCUT2D eigenvalue weighted by Crippen LogP contribution is 2.04. The van der Waals surface area contributed by atoms with Crippen LogP contribution in [0.3, 0.4) is 0 Å². The van der Waals surface area contributed by atoms with E-state index in [1.807, 2.05) is 42.5 Å². The first-order valence-electron chi connectivity index (χ1n) is 6.03. The highest BCUT2D eigenvalue weighted by Gasteiger charge is 1.99. The summed E-state index contributed by atoms with van der Waals surface area (Å²) in [5.41, 5.74) is 10.7. The van der Waals surface area contributed by atoms with Crippen LogP contribution in [-0.2, 0) is 18.0 Å². The predicted octanol–water partition coefficient (Wildman–Crippen LogP) is 2.01. The number of nitrogens with one attached hydrogen (secondary N) is 1. The van der Waals surface area contributed by atoms with Gasteiger partial charge in [0.2, 0.25) is 5.91 Å². The summed E-state index contributed by atoms with van der Waals surface area (Å²) in [6.45, 7) is 1.09. The summed E-state index contributed by atoms with van der Waals surface area (Å²) in [5.74, 6) is -0.417. The number of carbonyl (C=O) groups excluding carboxylic acids is 1. The van der Waals surface area contributed by atoms with Crippen LogP contribution in [0.25, 0.3) is 0 Å². The molecule has 0 saturated carbocycles. The molecule has 98 valence electrons. The number of nitrogens with two attached hydrogens (primary N) is 1. The van der Waals surface area contributed by atoms with Gasteiger partial charge in [0, 0.05) is 12.1 Å². The lowest BCUT2D eigenvalue weighted by Gasteiger charge is -2.06. The molecule has 19 heavy (non-hydrogen) atoms. The van der Waals surface area contributed by atoms with Gasteiger partial charge in [-0.3, -0.25) is 9.63 Å². The van der Waals surface area contributed by atoms with Gasteiger partial charge in [-0.15, -0.1) is 0 Å². The number of hydrogen-bond donors (Lipinski definition) is 2. The van der Waals surface area contributed by atoms with Crippen LogP contribution >= 0.6 is 0 Å². The highest BCUT2D eigenvalue weighted by atomic mass is 16.6. The van der Waals surface area contributed by atoms with Gasteiger partial charge >= 0.3 is 0 Å². The van der Waals surface area contributed by atoms with Crippen molar-refractivity contribution < 1.29 is 9.63 Å². The molecule has 0 bridgehead atoms. The number of hydrogen-bond acceptors (Lipinski definition) is 3. The number of rotatable bonds is 6. The van der Waals surface area contributed by atoms with Gasteiger partial charge in [0.05, 0.1) is 6.61 Å². The fraction of sp³-hybridized carbons (Fsp3) is 0.133. The summed E-state index contributed by atoms with van der Waals surface area (Å²) >= 11 is 0. The van der Waals surface area contributed by atoms with Crippen LogP contribution in [0.1, 0.15) is 21.5 Å². The third kappa shape index (κ3) is 4.21. The fourth-order valence-corrected chi connectivity index (χ4v) is 1.63. The topological polar surface area (TPSA) is 64.4 Å². The van der Waals surface area contributed by atoms with Crippen molar-refractivity contribution >= 4 is 5.91 Å². The van der Waals surface area contributed by atoms with Crippen molar-refractivity contribution in [1.29, 1.82) is 0 Å². The van der Waals surface area contributed by atoms with Crippen LogP contribution in [-0.4, -0.2) is 5.91 Å². The standard InChI is InChI=1S/C15H16N2O2/c16-15(18)14-8-6-12(7-9-14)10-17-19-11-13-4-2-1-3-5-13/h1-9,17H,10-11H2,(H2,16,18). The van der Waals surface area contributed by atoms with Gasteiger partial charge in [-0.25, -0.2) is 0 Å². The Kier molecular flexibility index (Phi) is 4.66. The Bertz CT molecular complexity index is 524. The fourth-order valence-electron chi connectivity index (χ4n) is 1.63. The van der Waals surface area contributed by atoms with E-state index in [-0.39, 0.29) is 0 Å². The SMILES string of the molecule is NC(=O)c1ccc(CNOCc2ccccc2)cc1. The Morgan fingerprint density at radius 1 is 1.00 bits per heavy atom. The highest BCUT2D eigenvalue weighted by molar-refractivity contribution is 5.92. The Labute approximate surface area is 112 Å². The van der Waals surface area contributed by atoms with Crippen molar-refractivity contribution in [3.63, 3.8) is 0 Å². The molecule has 3 N–H and O–H groups in total. The zero-order chi connectivity index (χ0) is 13.5. The summed E-state index contributed by atoms with van der Waals surface area (Å²) in [6.07, 6.45) is 0. The van der Waals surface area contributed by atoms with Gasteiger partial charge in [0.15, 0.2) is 0 Å². The van der Waals surface area contributed by atoms with Gasteiger partial charge < -0.3 is 5.73 Å². The summed E-state index contributed by atoms with van der Waals surface area (Å²) in [4.78, 5) is 16.3. The van der Waals surface area contributed by atoms with Crippen LogP contribution in [0.2, 0.25) is 0 Å². The molecule has 0 radical (unpaired) electrons. The maximum absolute atomic E-state index is 10.9. The summed E-state index contributed by atoms with van der Waals surface area (Å²) in [6, 6.07) is 17.0. The molecule has 0 spiro atoms. The van der Waals surface area contributed by atoms with Gasteiger partial charge in [-0.05, 0) is 23.3 Å². The molecule has 0 fully saturated rings. The van der Waals surface area contributed by atoms with E-state index >= 15 is 0 Å². The molecule has 2 aromatic rings. The number of primary amides is 1. The van der Waals surface area contributed by atoms with Gasteiger partial charge in [0.1, 0.15) is 0 Å². The second kappa shape index (κ2) is 6.68. The number of hydroxylamine groups is 1. The molecule has 0 aliphatic rings. The molecule has 4 nitrogen and oxygen atoms in total. The molecule has 0 atom stereocenters. The van der Waals surface area contributed by atoms with Crippen molar-refractivity contribution in [3.05, 3.63) is 71.3 Å². The molecule has 2 rings (SSSR count). The molecule has 0 aromatic heterocycles. The Morgan fingerprint density at radius 2 is 1.68 bits per heavy atom. The first-order chi connectivity index (χ1) is 9.25. The monoisotopic (exact) mass is 256 g/mol. The summed E-state index contributed by atoms with van der Waals surface area (Å²) < 4.78 is 0. The van der Waals surface area contributed by atoms with E-state index in [1.165, 1.54) is 0 Å². The predicted molar refractivity (Wildman–Crippen MR) is 73.0 cm³/mol. The third-order valence-electron chi connectivity index (χ3n) is 2.70. The van der Waals surface area contributed by atoms with E-state index in [9.17, 15) is 4.79 Å². The first-order valence-corrected chi connectivity index (χ1v) is 6.03. The minimum absolute atomic E-state index is 0.417. The van der Waals surface area contributed by atoms with Gasteiger partial charge in [0.25, 0.3) is 0 Å². The molecule has 4 heteroatoms. The molecule has 2 aromatic carbocycles. The average molecular weight is 256 g/mol. The quantitative estimate of drug-likeness (QED) is 0.614. The van der Waals surface area contributed by atoms with Crippen molar-refractivity contribution in [3.8, 4) is 0 Å². The summed E-state index contributed by atoms with van der Waals surface area (Å²) in [5, 5.41) is 0. The molecule has 0 saturated heterocycles. The molecule has 1 amide bonds. The van der Waals surface area contributed by atoms with Crippen LogP contribution in [0.4, 0.5) is 0 Å². The van der Waals surface area contributed by atoms with Crippen LogP contribution in [0, 0.1) is 0 Å². The minimum Gasteiger partial charge on any atom is -0.366 e. The smallest absolute Gasteiger partial charge is 0.248 e. The lowest BCUT2D eigenvalue weighted by molar-refractivity contribution is 0.0235. The second-order valence-corrected chi connectivity index (χ2v) is 4.16. The Balaban J connectivity index is 1.75. The van der Waals surface area contributed by atoms with E-state index in [2.05, 4.69) is 5.48 Å². The van der Waals surface area contributed by atoms with Crippen molar-refractivity contribution in [2.75, 3.05) is 0 Å². The third-order valence-corrected chi connectivity index (χ3v) is 2.70. The van der Waals surface area contributed by atoms with Crippen molar-refractivity contribution in [1.82, 2.24) is 5.48 Å². The largest absolute Gasteiger partial charge is 0.366 e. The molecule has 0 aliphatic carbocycles.